The third-order valence-electron chi connectivity index (χ3n) is 6.42. The molecule has 0 aliphatic heterocycles. The van der Waals surface area contributed by atoms with E-state index in [4.69, 9.17) is 69.6 Å². The summed E-state index contributed by atoms with van der Waals surface area (Å²) in [5.41, 5.74) is 4.79. The Morgan fingerprint density at radius 3 is 1.26 bits per heavy atom. The van der Waals surface area contributed by atoms with Crippen molar-refractivity contribution in [3.05, 3.63) is 118 Å². The summed E-state index contributed by atoms with van der Waals surface area (Å²) in [6.45, 7) is 0. The monoisotopic (exact) mass is 582 g/mol. The highest BCUT2D eigenvalue weighted by Crippen LogP contribution is 2.58. The second-order valence-corrected chi connectivity index (χ2v) is 12.9. The van der Waals surface area contributed by atoms with Gasteiger partial charge in [-0.15, -0.1) is 0 Å². The zero-order valence-corrected chi connectivity index (χ0v) is 22.3. The average Bonchev–Trinajstić information content (AvgIpc) is 3.10. The van der Waals surface area contributed by atoms with Crippen molar-refractivity contribution in [3.8, 4) is 22.6 Å². The van der Waals surface area contributed by atoms with E-state index in [9.17, 15) is 10.2 Å². The van der Waals surface area contributed by atoms with E-state index < -0.39 is 13.0 Å². The summed E-state index contributed by atoms with van der Waals surface area (Å²) in [4.78, 5) is 0. The molecular weight excluding hydrogens is 569 g/mol. The lowest BCUT2D eigenvalue weighted by Crippen LogP contribution is -2.29. The van der Waals surface area contributed by atoms with Crippen molar-refractivity contribution in [1.82, 2.24) is 0 Å². The zero-order chi connectivity index (χ0) is 25.2. The maximum atomic E-state index is 10.5. The first-order valence-corrected chi connectivity index (χ1v) is 12.7. The maximum Gasteiger partial charge on any atom is 0.219 e. The predicted molar refractivity (Wildman–Crippen MR) is 146 cm³/mol. The lowest BCUT2D eigenvalue weighted by Gasteiger charge is -2.35. The van der Waals surface area contributed by atoms with Crippen molar-refractivity contribution < 1.29 is 10.2 Å². The summed E-state index contributed by atoms with van der Waals surface area (Å²) >= 11 is 37.4. The second-order valence-electron chi connectivity index (χ2n) is 8.30. The molecule has 4 aromatic rings. The fraction of sp³-hybridized carbons (Fsp3) is 0.111. The highest BCUT2D eigenvalue weighted by atomic mass is 35.6. The summed E-state index contributed by atoms with van der Waals surface area (Å²) in [5.74, 6) is -0.285. The Kier molecular flexibility index (Phi) is 6.16. The molecule has 0 unspecified atom stereocenters. The summed E-state index contributed by atoms with van der Waals surface area (Å²) in [5, 5.41) is 21.0. The molecule has 178 valence electrons. The number of hydrogen-bond donors (Lipinski definition) is 2. The van der Waals surface area contributed by atoms with E-state index in [-0.39, 0.29) is 22.6 Å². The third kappa shape index (κ3) is 3.96. The molecule has 0 spiro atoms. The molecule has 2 nitrogen and oxygen atoms in total. The Balaban J connectivity index is 1.96. The van der Waals surface area contributed by atoms with Crippen LogP contribution in [0.5, 0.6) is 11.5 Å². The summed E-state index contributed by atoms with van der Waals surface area (Å²) in [6.07, 6.45) is 0. The number of phenols is 2. The number of alkyl halides is 6. The largest absolute Gasteiger partial charge is 0.508 e. The van der Waals surface area contributed by atoms with Crippen LogP contribution in [0.2, 0.25) is 0 Å². The third-order valence-corrected chi connectivity index (χ3v) is 7.64. The van der Waals surface area contributed by atoms with E-state index in [0.29, 0.717) is 0 Å². The molecule has 2 N–H and O–H groups in total. The molecule has 0 atom stereocenters. The first kappa shape index (κ1) is 24.9. The van der Waals surface area contributed by atoms with Gasteiger partial charge < -0.3 is 10.2 Å². The van der Waals surface area contributed by atoms with Gasteiger partial charge >= 0.3 is 0 Å². The number of rotatable bonds is 2. The van der Waals surface area contributed by atoms with Crippen LogP contribution in [0.3, 0.4) is 0 Å². The summed E-state index contributed by atoms with van der Waals surface area (Å²) in [6, 6.07) is 25.9. The molecule has 0 saturated heterocycles. The van der Waals surface area contributed by atoms with E-state index >= 15 is 0 Å². The van der Waals surface area contributed by atoms with Crippen molar-refractivity contribution in [1.29, 1.82) is 0 Å². The summed E-state index contributed by atoms with van der Waals surface area (Å²) in [7, 11) is 0. The van der Waals surface area contributed by atoms with Gasteiger partial charge in [-0.1, -0.05) is 130 Å². The van der Waals surface area contributed by atoms with E-state index in [1.54, 1.807) is 24.3 Å². The topological polar surface area (TPSA) is 40.5 Å². The molecule has 0 radical (unpaired) electrons. The van der Waals surface area contributed by atoms with E-state index in [1.165, 1.54) is 12.1 Å². The van der Waals surface area contributed by atoms with E-state index in [0.717, 1.165) is 33.4 Å². The van der Waals surface area contributed by atoms with Gasteiger partial charge in [-0.05, 0) is 57.6 Å². The average molecular weight is 585 g/mol. The van der Waals surface area contributed by atoms with Crippen LogP contribution in [-0.2, 0) is 13.0 Å². The Bertz CT molecular complexity index is 1340. The van der Waals surface area contributed by atoms with Crippen molar-refractivity contribution in [2.75, 3.05) is 0 Å². The van der Waals surface area contributed by atoms with Gasteiger partial charge in [0, 0.05) is 11.1 Å². The lowest BCUT2D eigenvalue weighted by atomic mass is 9.67. The number of phenolic OH excluding ortho intramolecular Hbond substituents is 2. The molecular formula is C27H16Cl6O2. The Morgan fingerprint density at radius 2 is 0.886 bits per heavy atom. The van der Waals surface area contributed by atoms with Crippen LogP contribution < -0.4 is 0 Å². The minimum absolute atomic E-state index is 0.140. The van der Waals surface area contributed by atoms with Crippen LogP contribution in [0.4, 0.5) is 0 Å². The van der Waals surface area contributed by atoms with Crippen molar-refractivity contribution in [2.45, 2.75) is 13.0 Å². The van der Waals surface area contributed by atoms with Gasteiger partial charge in [0.1, 0.15) is 11.5 Å². The number of fused-ring (bicyclic) bond motifs is 3. The van der Waals surface area contributed by atoms with E-state index in [2.05, 4.69) is 0 Å². The van der Waals surface area contributed by atoms with E-state index in [1.807, 2.05) is 48.5 Å². The molecule has 0 aromatic heterocycles. The molecule has 0 heterocycles. The van der Waals surface area contributed by atoms with Crippen LogP contribution in [0.1, 0.15) is 33.4 Å². The number of aromatic hydroxyl groups is 2. The molecule has 1 aliphatic carbocycles. The minimum atomic E-state index is -1.86. The quantitative estimate of drug-likeness (QED) is 0.203. The van der Waals surface area contributed by atoms with Crippen LogP contribution in [0, 0.1) is 0 Å². The van der Waals surface area contributed by atoms with Crippen LogP contribution >= 0.6 is 69.6 Å². The fourth-order valence-corrected chi connectivity index (χ4v) is 5.92. The van der Waals surface area contributed by atoms with Gasteiger partial charge in [0.2, 0.25) is 7.59 Å². The zero-order valence-electron chi connectivity index (χ0n) is 17.7. The van der Waals surface area contributed by atoms with Crippen LogP contribution in [0.25, 0.3) is 11.1 Å². The van der Waals surface area contributed by atoms with Gasteiger partial charge in [-0.3, -0.25) is 0 Å². The molecule has 35 heavy (non-hydrogen) atoms. The predicted octanol–water partition coefficient (Wildman–Crippen LogP) is 9.11. The Hall–Kier alpha value is -1.78. The molecule has 1 aliphatic rings. The minimum Gasteiger partial charge on any atom is -0.508 e. The number of halogens is 6. The molecule has 8 heteroatoms. The molecule has 0 fully saturated rings. The van der Waals surface area contributed by atoms with Crippen LogP contribution in [-0.4, -0.2) is 10.2 Å². The molecule has 0 amide bonds. The van der Waals surface area contributed by atoms with Crippen molar-refractivity contribution in [2.24, 2.45) is 0 Å². The van der Waals surface area contributed by atoms with Crippen LogP contribution in [0.15, 0.2) is 84.9 Å². The highest BCUT2D eigenvalue weighted by Gasteiger charge is 2.47. The first-order valence-electron chi connectivity index (χ1n) is 10.5. The van der Waals surface area contributed by atoms with Crippen molar-refractivity contribution in [3.63, 3.8) is 0 Å². The van der Waals surface area contributed by atoms with Gasteiger partial charge in [-0.25, -0.2) is 0 Å². The Labute approximate surface area is 232 Å². The standard InChI is InChI=1S/C27H16Cl6O2/c28-26(29,30)21-13-15(9-11-23(21)34)25(16-10-12-24(35)22(14-16)27(31,32)33)19-7-3-1-5-17(19)18-6-2-4-8-20(18)25/h1-14,34-35H. The van der Waals surface area contributed by atoms with Gasteiger partial charge in [0.25, 0.3) is 0 Å². The van der Waals surface area contributed by atoms with Crippen molar-refractivity contribution >= 4 is 69.6 Å². The SMILES string of the molecule is Oc1ccc(C2(c3ccc(O)c(C(Cl)(Cl)Cl)c3)c3ccccc3-c3ccccc32)cc1C(Cl)(Cl)Cl. The first-order chi connectivity index (χ1) is 16.5. The maximum absolute atomic E-state index is 10.5. The molecule has 0 bridgehead atoms. The molecule has 4 aromatic carbocycles. The van der Waals surface area contributed by atoms with Gasteiger partial charge in [-0.2, -0.15) is 0 Å². The Morgan fingerprint density at radius 1 is 0.514 bits per heavy atom. The van der Waals surface area contributed by atoms with Gasteiger partial charge in [0.05, 0.1) is 5.41 Å². The normalized spacial score (nSPS) is 14.5. The second kappa shape index (κ2) is 8.66. The molecule has 0 saturated carbocycles. The van der Waals surface area contributed by atoms with Gasteiger partial charge in [0.15, 0.2) is 0 Å². The summed E-state index contributed by atoms with van der Waals surface area (Å²) < 4.78 is -3.73. The number of benzene rings is 4. The lowest BCUT2D eigenvalue weighted by molar-refractivity contribution is 0.468. The number of hydrogen-bond acceptors (Lipinski definition) is 2. The highest BCUT2D eigenvalue weighted by molar-refractivity contribution is 6.67. The fourth-order valence-electron chi connectivity index (χ4n) is 5.02. The molecule has 5 rings (SSSR count). The smallest absolute Gasteiger partial charge is 0.219 e.